The van der Waals surface area contributed by atoms with E-state index in [1.165, 1.54) is 0 Å². The van der Waals surface area contributed by atoms with Gasteiger partial charge in [-0.2, -0.15) is 0 Å². The van der Waals surface area contributed by atoms with Crippen LogP contribution in [-0.2, 0) is 14.3 Å². The number of carbonyl (C=O) groups is 3. The Kier molecular flexibility index (Phi) is 4.35. The first-order valence-electron chi connectivity index (χ1n) is 7.66. The minimum atomic E-state index is -1.36. The van der Waals surface area contributed by atoms with Crippen molar-refractivity contribution in [1.82, 2.24) is 10.2 Å². The highest BCUT2D eigenvalue weighted by atomic mass is 16.6. The molecule has 0 aromatic carbocycles. The van der Waals surface area contributed by atoms with E-state index in [2.05, 4.69) is 5.32 Å². The number of hydrogen-bond acceptors (Lipinski definition) is 4. The summed E-state index contributed by atoms with van der Waals surface area (Å²) in [5.74, 6) is -0.857. The van der Waals surface area contributed by atoms with Crippen LogP contribution in [0.25, 0.3) is 0 Å². The van der Waals surface area contributed by atoms with Crippen molar-refractivity contribution in [3.8, 4) is 0 Å². The molecule has 1 saturated heterocycles. The smallest absolute Gasteiger partial charge is 0.408 e. The third kappa shape index (κ3) is 3.90. The van der Waals surface area contributed by atoms with Gasteiger partial charge >= 0.3 is 12.1 Å². The minimum Gasteiger partial charge on any atom is -0.480 e. The Balaban J connectivity index is 1.97. The van der Waals surface area contributed by atoms with Crippen molar-refractivity contribution < 1.29 is 24.2 Å². The van der Waals surface area contributed by atoms with Gasteiger partial charge in [-0.05, 0) is 46.5 Å². The number of ether oxygens (including phenoxy) is 1. The fraction of sp³-hybridized carbons (Fsp3) is 0.800. The minimum absolute atomic E-state index is 0.108. The number of amides is 2. The van der Waals surface area contributed by atoms with Crippen LogP contribution in [0.5, 0.6) is 0 Å². The van der Waals surface area contributed by atoms with E-state index in [1.54, 1.807) is 25.7 Å². The summed E-state index contributed by atoms with van der Waals surface area (Å²) < 4.78 is 5.14. The maximum Gasteiger partial charge on any atom is 0.408 e. The monoisotopic (exact) mass is 312 g/mol. The Labute approximate surface area is 130 Å². The van der Waals surface area contributed by atoms with E-state index in [1.807, 2.05) is 0 Å². The Bertz CT molecular complexity index is 471. The second-order valence-electron chi connectivity index (χ2n) is 7.11. The molecule has 0 atom stereocenters. The molecule has 0 bridgehead atoms. The van der Waals surface area contributed by atoms with Gasteiger partial charge in [0.15, 0.2) is 0 Å². The second kappa shape index (κ2) is 5.78. The number of carbonyl (C=O) groups excluding carboxylic acids is 2. The number of piperidine rings is 1. The predicted molar refractivity (Wildman–Crippen MR) is 78.3 cm³/mol. The van der Waals surface area contributed by atoms with Crippen molar-refractivity contribution in [3.63, 3.8) is 0 Å². The Morgan fingerprint density at radius 1 is 1.18 bits per heavy atom. The maximum absolute atomic E-state index is 12.0. The third-order valence-corrected chi connectivity index (χ3v) is 4.00. The van der Waals surface area contributed by atoms with Crippen molar-refractivity contribution >= 4 is 18.0 Å². The van der Waals surface area contributed by atoms with Crippen LogP contribution >= 0.6 is 0 Å². The summed E-state index contributed by atoms with van der Waals surface area (Å²) in [6.45, 7) is 5.85. The average Bonchev–Trinajstić information content (AvgIpc) is 3.20. The molecule has 1 heterocycles. The zero-order chi connectivity index (χ0) is 16.5. The van der Waals surface area contributed by atoms with Gasteiger partial charge in [0.05, 0.1) is 0 Å². The Hall–Kier alpha value is -1.79. The molecule has 2 aliphatic rings. The molecular formula is C15H24N2O5. The van der Waals surface area contributed by atoms with E-state index >= 15 is 0 Å². The molecule has 2 N–H and O–H groups in total. The van der Waals surface area contributed by atoms with Crippen LogP contribution in [0.3, 0.4) is 0 Å². The zero-order valence-corrected chi connectivity index (χ0v) is 13.3. The van der Waals surface area contributed by atoms with Gasteiger partial charge in [0.25, 0.3) is 0 Å². The summed E-state index contributed by atoms with van der Waals surface area (Å²) in [5.41, 5.74) is -2.05. The number of likely N-dealkylation sites (tertiary alicyclic amines) is 1. The molecular weight excluding hydrogens is 288 g/mol. The molecule has 22 heavy (non-hydrogen) atoms. The van der Waals surface area contributed by atoms with Crippen molar-refractivity contribution in [2.24, 2.45) is 5.92 Å². The van der Waals surface area contributed by atoms with E-state index in [0.29, 0.717) is 13.1 Å². The van der Waals surface area contributed by atoms with Gasteiger partial charge in [0.1, 0.15) is 11.1 Å². The summed E-state index contributed by atoms with van der Waals surface area (Å²) in [7, 11) is 0. The van der Waals surface area contributed by atoms with E-state index in [-0.39, 0.29) is 24.7 Å². The molecule has 124 valence electrons. The standard InChI is InChI=1S/C15H24N2O5/c1-14(2,3)22-13(21)16-15(12(19)20)6-8-17(9-7-15)11(18)10-4-5-10/h10H,4-9H2,1-3H3,(H,16,21)(H,19,20). The van der Waals surface area contributed by atoms with Crippen LogP contribution in [0.15, 0.2) is 0 Å². The number of nitrogens with one attached hydrogen (secondary N) is 1. The SMILES string of the molecule is CC(C)(C)OC(=O)NC1(C(=O)O)CCN(C(=O)C2CC2)CC1. The number of aliphatic carboxylic acids is 1. The van der Waals surface area contributed by atoms with Gasteiger partial charge in [0.2, 0.25) is 5.91 Å². The first-order valence-corrected chi connectivity index (χ1v) is 7.66. The number of alkyl carbamates (subject to hydrolysis) is 1. The van der Waals surface area contributed by atoms with Crippen LogP contribution in [0.1, 0.15) is 46.5 Å². The fourth-order valence-corrected chi connectivity index (χ4v) is 2.59. The molecule has 1 saturated carbocycles. The number of carboxylic acids is 1. The van der Waals surface area contributed by atoms with E-state index in [4.69, 9.17) is 4.74 Å². The van der Waals surface area contributed by atoms with Crippen molar-refractivity contribution in [2.75, 3.05) is 13.1 Å². The molecule has 2 rings (SSSR count). The lowest BCUT2D eigenvalue weighted by molar-refractivity contribution is -0.149. The highest BCUT2D eigenvalue weighted by Crippen LogP contribution is 2.33. The van der Waals surface area contributed by atoms with Gasteiger partial charge < -0.3 is 20.1 Å². The van der Waals surface area contributed by atoms with Crippen LogP contribution in [0, 0.1) is 5.92 Å². The predicted octanol–water partition coefficient (Wildman–Crippen LogP) is 1.37. The molecule has 1 aliphatic carbocycles. The average molecular weight is 312 g/mol. The molecule has 7 nitrogen and oxygen atoms in total. The van der Waals surface area contributed by atoms with Crippen LogP contribution in [0.2, 0.25) is 0 Å². The zero-order valence-electron chi connectivity index (χ0n) is 13.3. The lowest BCUT2D eigenvalue weighted by Gasteiger charge is -2.39. The number of rotatable bonds is 3. The Morgan fingerprint density at radius 3 is 2.14 bits per heavy atom. The van der Waals surface area contributed by atoms with Gasteiger partial charge in [-0.25, -0.2) is 9.59 Å². The molecule has 2 fully saturated rings. The number of nitrogens with zero attached hydrogens (tertiary/aromatic N) is 1. The number of hydrogen-bond donors (Lipinski definition) is 2. The topological polar surface area (TPSA) is 95.9 Å². The molecule has 0 spiro atoms. The first-order chi connectivity index (χ1) is 10.1. The lowest BCUT2D eigenvalue weighted by Crippen LogP contribution is -2.61. The van der Waals surface area contributed by atoms with E-state index in [0.717, 1.165) is 12.8 Å². The van der Waals surface area contributed by atoms with E-state index in [9.17, 15) is 19.5 Å². The van der Waals surface area contributed by atoms with Crippen LogP contribution in [-0.4, -0.2) is 52.2 Å². The summed E-state index contributed by atoms with van der Waals surface area (Å²) in [5, 5.41) is 12.0. The fourth-order valence-electron chi connectivity index (χ4n) is 2.59. The maximum atomic E-state index is 12.0. The van der Waals surface area contributed by atoms with Crippen LogP contribution in [0.4, 0.5) is 4.79 Å². The molecule has 1 aliphatic heterocycles. The quantitative estimate of drug-likeness (QED) is 0.820. The van der Waals surface area contributed by atoms with Crippen molar-refractivity contribution in [2.45, 2.75) is 57.6 Å². The summed E-state index contributed by atoms with van der Waals surface area (Å²) in [6.07, 6.45) is 1.50. The first kappa shape index (κ1) is 16.6. The molecule has 0 radical (unpaired) electrons. The second-order valence-corrected chi connectivity index (χ2v) is 7.11. The summed E-state index contributed by atoms with van der Waals surface area (Å²) in [4.78, 5) is 37.2. The largest absolute Gasteiger partial charge is 0.480 e. The highest BCUT2D eigenvalue weighted by Gasteiger charge is 2.46. The number of carboxylic acid groups (broad SMARTS) is 1. The van der Waals surface area contributed by atoms with Crippen molar-refractivity contribution in [1.29, 1.82) is 0 Å². The Morgan fingerprint density at radius 2 is 1.73 bits per heavy atom. The van der Waals surface area contributed by atoms with Gasteiger partial charge in [0, 0.05) is 19.0 Å². The molecule has 0 aromatic rings. The summed E-state index contributed by atoms with van der Waals surface area (Å²) >= 11 is 0. The van der Waals surface area contributed by atoms with Crippen molar-refractivity contribution in [3.05, 3.63) is 0 Å². The molecule has 7 heteroatoms. The third-order valence-electron chi connectivity index (χ3n) is 4.00. The van der Waals surface area contributed by atoms with Gasteiger partial charge in [-0.3, -0.25) is 4.79 Å². The van der Waals surface area contributed by atoms with Gasteiger partial charge in [-0.1, -0.05) is 0 Å². The highest BCUT2D eigenvalue weighted by molar-refractivity contribution is 5.86. The lowest BCUT2D eigenvalue weighted by atomic mass is 9.87. The molecule has 0 aromatic heterocycles. The summed E-state index contributed by atoms with van der Waals surface area (Å²) in [6, 6.07) is 0. The van der Waals surface area contributed by atoms with Crippen LogP contribution < -0.4 is 5.32 Å². The molecule has 2 amide bonds. The normalized spacial score (nSPS) is 21.1. The van der Waals surface area contributed by atoms with E-state index < -0.39 is 23.2 Å². The molecule has 0 unspecified atom stereocenters. The van der Waals surface area contributed by atoms with Gasteiger partial charge in [-0.15, -0.1) is 0 Å².